The molecule has 1 aromatic carbocycles. The zero-order valence-electron chi connectivity index (χ0n) is 9.35. The summed E-state index contributed by atoms with van der Waals surface area (Å²) in [6.45, 7) is 2.13. The van der Waals surface area contributed by atoms with E-state index in [-0.39, 0.29) is 0 Å². The first-order valence-corrected chi connectivity index (χ1v) is 5.36. The van der Waals surface area contributed by atoms with E-state index < -0.39 is 0 Å². The quantitative estimate of drug-likeness (QED) is 0.850. The van der Waals surface area contributed by atoms with Crippen molar-refractivity contribution in [3.05, 3.63) is 53.5 Å². The molecule has 82 valence electrons. The van der Waals surface area contributed by atoms with E-state index in [1.807, 2.05) is 6.07 Å². The molecule has 3 heteroatoms. The van der Waals surface area contributed by atoms with Gasteiger partial charge < -0.3 is 5.73 Å². The number of aryl methyl sites for hydroxylation is 3. The summed E-state index contributed by atoms with van der Waals surface area (Å²) in [7, 11) is 0. The Hall–Kier alpha value is -1.90. The summed E-state index contributed by atoms with van der Waals surface area (Å²) in [6, 6.07) is 10.2. The summed E-state index contributed by atoms with van der Waals surface area (Å²) in [5, 5.41) is 0. The van der Waals surface area contributed by atoms with Gasteiger partial charge in [0.25, 0.3) is 0 Å². The van der Waals surface area contributed by atoms with E-state index in [0.29, 0.717) is 5.82 Å². The van der Waals surface area contributed by atoms with Crippen molar-refractivity contribution in [2.45, 2.75) is 19.8 Å². The predicted octanol–water partition coefficient (Wildman–Crippen LogP) is 2.15. The molecule has 0 atom stereocenters. The maximum atomic E-state index is 5.61. The Labute approximate surface area is 95.4 Å². The van der Waals surface area contributed by atoms with Crippen LogP contribution in [0, 0.1) is 6.92 Å². The Morgan fingerprint density at radius 3 is 2.69 bits per heavy atom. The lowest BCUT2D eigenvalue weighted by Crippen LogP contribution is -1.99. The second-order valence-electron chi connectivity index (χ2n) is 3.86. The van der Waals surface area contributed by atoms with Crippen LogP contribution in [-0.2, 0) is 12.8 Å². The van der Waals surface area contributed by atoms with Gasteiger partial charge in [-0.15, -0.1) is 0 Å². The molecule has 2 aromatic rings. The average molecular weight is 213 g/mol. The number of benzene rings is 1. The maximum absolute atomic E-state index is 5.61. The molecule has 0 aliphatic rings. The van der Waals surface area contributed by atoms with Crippen molar-refractivity contribution in [1.29, 1.82) is 0 Å². The van der Waals surface area contributed by atoms with Gasteiger partial charge in [-0.2, -0.15) is 0 Å². The fourth-order valence-electron chi connectivity index (χ4n) is 1.70. The molecule has 2 rings (SSSR count). The molecule has 0 amide bonds. The zero-order valence-corrected chi connectivity index (χ0v) is 9.35. The minimum atomic E-state index is 0.537. The third-order valence-corrected chi connectivity index (χ3v) is 2.66. The van der Waals surface area contributed by atoms with Gasteiger partial charge in [0.1, 0.15) is 12.1 Å². The Balaban J connectivity index is 2.05. The highest BCUT2D eigenvalue weighted by Gasteiger charge is 2.00. The number of rotatable bonds is 3. The van der Waals surface area contributed by atoms with E-state index in [1.165, 1.54) is 17.5 Å². The monoisotopic (exact) mass is 213 g/mol. The van der Waals surface area contributed by atoms with Crippen LogP contribution < -0.4 is 5.73 Å². The van der Waals surface area contributed by atoms with Gasteiger partial charge in [0.05, 0.1) is 0 Å². The lowest BCUT2D eigenvalue weighted by atomic mass is 10.0. The van der Waals surface area contributed by atoms with Crippen molar-refractivity contribution < 1.29 is 0 Å². The second kappa shape index (κ2) is 4.75. The van der Waals surface area contributed by atoms with Crippen LogP contribution in [0.15, 0.2) is 36.7 Å². The van der Waals surface area contributed by atoms with E-state index >= 15 is 0 Å². The van der Waals surface area contributed by atoms with Crippen LogP contribution in [-0.4, -0.2) is 9.97 Å². The van der Waals surface area contributed by atoms with Crippen LogP contribution in [0.1, 0.15) is 16.8 Å². The second-order valence-corrected chi connectivity index (χ2v) is 3.86. The summed E-state index contributed by atoms with van der Waals surface area (Å²) < 4.78 is 0. The smallest absolute Gasteiger partial charge is 0.126 e. The Kier molecular flexibility index (Phi) is 3.15. The van der Waals surface area contributed by atoms with Crippen molar-refractivity contribution in [2.24, 2.45) is 0 Å². The predicted molar refractivity (Wildman–Crippen MR) is 65.0 cm³/mol. The third-order valence-electron chi connectivity index (χ3n) is 2.66. The summed E-state index contributed by atoms with van der Waals surface area (Å²) in [5.41, 5.74) is 9.29. The molecule has 0 spiro atoms. The lowest BCUT2D eigenvalue weighted by Gasteiger charge is -2.05. The highest BCUT2D eigenvalue weighted by molar-refractivity contribution is 5.30. The number of nitrogens with two attached hydrogens (primary N) is 1. The van der Waals surface area contributed by atoms with Crippen molar-refractivity contribution in [1.82, 2.24) is 9.97 Å². The number of nitrogens with zero attached hydrogens (tertiary/aromatic N) is 2. The molecule has 3 nitrogen and oxygen atoms in total. The lowest BCUT2D eigenvalue weighted by molar-refractivity contribution is 0.896. The van der Waals surface area contributed by atoms with E-state index in [9.17, 15) is 0 Å². The van der Waals surface area contributed by atoms with Crippen molar-refractivity contribution >= 4 is 5.82 Å². The molecule has 0 aliphatic carbocycles. The molecular formula is C13H15N3. The number of aromatic nitrogens is 2. The van der Waals surface area contributed by atoms with Crippen LogP contribution in [0.5, 0.6) is 0 Å². The van der Waals surface area contributed by atoms with Crippen LogP contribution in [0.25, 0.3) is 0 Å². The van der Waals surface area contributed by atoms with Gasteiger partial charge in [-0.3, -0.25) is 0 Å². The van der Waals surface area contributed by atoms with Gasteiger partial charge in [0.15, 0.2) is 0 Å². The standard InChI is InChI=1S/C13H15N3/c1-10-4-2-3-5-11(10)6-7-12-8-13(14)16-9-15-12/h2-5,8-9H,6-7H2,1H3,(H2,14,15,16). The molecule has 0 radical (unpaired) electrons. The van der Waals surface area contributed by atoms with Gasteiger partial charge >= 0.3 is 0 Å². The van der Waals surface area contributed by atoms with Gasteiger partial charge in [0, 0.05) is 11.8 Å². The molecule has 0 fully saturated rings. The number of nitrogen functional groups attached to an aromatic ring is 1. The molecule has 0 bridgehead atoms. The molecule has 0 saturated heterocycles. The van der Waals surface area contributed by atoms with Crippen molar-refractivity contribution in [3.8, 4) is 0 Å². The van der Waals surface area contributed by atoms with Gasteiger partial charge in [-0.1, -0.05) is 24.3 Å². The van der Waals surface area contributed by atoms with Crippen LogP contribution in [0.2, 0.25) is 0 Å². The summed E-state index contributed by atoms with van der Waals surface area (Å²) >= 11 is 0. The average Bonchev–Trinajstić information content (AvgIpc) is 2.28. The highest BCUT2D eigenvalue weighted by atomic mass is 14.9. The van der Waals surface area contributed by atoms with E-state index in [0.717, 1.165) is 18.5 Å². The van der Waals surface area contributed by atoms with E-state index in [1.54, 1.807) is 0 Å². The van der Waals surface area contributed by atoms with E-state index in [2.05, 4.69) is 41.2 Å². The first kappa shape index (κ1) is 10.6. The fourth-order valence-corrected chi connectivity index (χ4v) is 1.70. The van der Waals surface area contributed by atoms with Crippen molar-refractivity contribution in [2.75, 3.05) is 5.73 Å². The molecule has 0 saturated carbocycles. The maximum Gasteiger partial charge on any atom is 0.126 e. The molecule has 0 aliphatic heterocycles. The topological polar surface area (TPSA) is 51.8 Å². The number of hydrogen-bond acceptors (Lipinski definition) is 3. The Morgan fingerprint density at radius 1 is 1.12 bits per heavy atom. The normalized spacial score (nSPS) is 10.3. The first-order chi connectivity index (χ1) is 7.75. The van der Waals surface area contributed by atoms with Crippen molar-refractivity contribution in [3.63, 3.8) is 0 Å². The number of anilines is 1. The SMILES string of the molecule is Cc1ccccc1CCc1cc(N)ncn1. The largest absolute Gasteiger partial charge is 0.384 e. The summed E-state index contributed by atoms with van der Waals surface area (Å²) in [6.07, 6.45) is 3.41. The molecule has 2 N–H and O–H groups in total. The molecular weight excluding hydrogens is 198 g/mol. The molecule has 16 heavy (non-hydrogen) atoms. The fraction of sp³-hybridized carbons (Fsp3) is 0.231. The highest BCUT2D eigenvalue weighted by Crippen LogP contribution is 2.10. The van der Waals surface area contributed by atoms with Gasteiger partial charge in [-0.05, 0) is 30.9 Å². The van der Waals surface area contributed by atoms with Gasteiger partial charge in [0.2, 0.25) is 0 Å². The number of hydrogen-bond donors (Lipinski definition) is 1. The summed E-state index contributed by atoms with van der Waals surface area (Å²) in [4.78, 5) is 8.07. The zero-order chi connectivity index (χ0) is 11.4. The molecule has 1 aromatic heterocycles. The van der Waals surface area contributed by atoms with Gasteiger partial charge in [-0.25, -0.2) is 9.97 Å². The molecule has 1 heterocycles. The van der Waals surface area contributed by atoms with Crippen LogP contribution in [0.3, 0.4) is 0 Å². The summed E-state index contributed by atoms with van der Waals surface area (Å²) in [5.74, 6) is 0.537. The Bertz CT molecular complexity index is 480. The first-order valence-electron chi connectivity index (χ1n) is 5.36. The third kappa shape index (κ3) is 2.57. The Morgan fingerprint density at radius 2 is 1.94 bits per heavy atom. The van der Waals surface area contributed by atoms with E-state index in [4.69, 9.17) is 5.73 Å². The minimum absolute atomic E-state index is 0.537. The van der Waals surface area contributed by atoms with Crippen LogP contribution >= 0.6 is 0 Å². The van der Waals surface area contributed by atoms with Crippen LogP contribution in [0.4, 0.5) is 5.82 Å². The minimum Gasteiger partial charge on any atom is -0.384 e. The molecule has 0 unspecified atom stereocenters.